The van der Waals surface area contributed by atoms with Crippen molar-refractivity contribution in [2.75, 3.05) is 0 Å². The van der Waals surface area contributed by atoms with Crippen LogP contribution in [0.4, 0.5) is 0 Å². The van der Waals surface area contributed by atoms with E-state index in [9.17, 15) is 0 Å². The van der Waals surface area contributed by atoms with Crippen molar-refractivity contribution in [2.45, 2.75) is 46.0 Å². The lowest BCUT2D eigenvalue weighted by Crippen LogP contribution is -1.87. The smallest absolute Gasteiger partial charge is 0.0275 e. The number of rotatable bonds is 5. The second-order valence-electron chi connectivity index (χ2n) is 2.62. The standard InChI is InChI=1S/C9H18/c1-4-6-7-8-9(3)5-2/h1,4-8H2,2-3H3. The highest BCUT2D eigenvalue weighted by Crippen LogP contribution is 2.13. The van der Waals surface area contributed by atoms with Crippen LogP contribution in [-0.4, -0.2) is 0 Å². The molecule has 0 amide bonds. The first-order chi connectivity index (χ1) is 4.31. The van der Waals surface area contributed by atoms with Crippen molar-refractivity contribution in [3.05, 3.63) is 12.8 Å². The SMILES string of the molecule is [CH2]CCCC[C](C)CC. The molecule has 0 aliphatic carbocycles. The zero-order valence-corrected chi connectivity index (χ0v) is 6.74. The molecular weight excluding hydrogens is 108 g/mol. The normalized spacial score (nSPS) is 10.7. The van der Waals surface area contributed by atoms with Gasteiger partial charge in [0.15, 0.2) is 0 Å². The van der Waals surface area contributed by atoms with Crippen molar-refractivity contribution in [3.63, 3.8) is 0 Å². The van der Waals surface area contributed by atoms with Crippen molar-refractivity contribution in [3.8, 4) is 0 Å². The Balaban J connectivity index is 2.88. The van der Waals surface area contributed by atoms with Gasteiger partial charge in [-0.3, -0.25) is 0 Å². The summed E-state index contributed by atoms with van der Waals surface area (Å²) in [6.45, 7) is 8.26. The maximum atomic E-state index is 3.80. The maximum absolute atomic E-state index is 3.80. The summed E-state index contributed by atoms with van der Waals surface area (Å²) < 4.78 is 0. The van der Waals surface area contributed by atoms with Gasteiger partial charge in [0.25, 0.3) is 0 Å². The molecule has 0 aromatic heterocycles. The van der Waals surface area contributed by atoms with Gasteiger partial charge in [-0.25, -0.2) is 0 Å². The quantitative estimate of drug-likeness (QED) is 0.495. The van der Waals surface area contributed by atoms with Gasteiger partial charge in [-0.2, -0.15) is 0 Å². The van der Waals surface area contributed by atoms with E-state index in [-0.39, 0.29) is 0 Å². The van der Waals surface area contributed by atoms with Gasteiger partial charge < -0.3 is 0 Å². The number of hydrogen-bond acceptors (Lipinski definition) is 0. The van der Waals surface area contributed by atoms with Crippen LogP contribution in [0.1, 0.15) is 46.0 Å². The molecule has 0 aromatic rings. The summed E-state index contributed by atoms with van der Waals surface area (Å²) in [5.74, 6) is 1.63. The van der Waals surface area contributed by atoms with Gasteiger partial charge in [0.2, 0.25) is 0 Å². The Bertz CT molecular complexity index is 48.0. The van der Waals surface area contributed by atoms with Gasteiger partial charge in [0.05, 0.1) is 0 Å². The van der Waals surface area contributed by atoms with Crippen LogP contribution in [0.25, 0.3) is 0 Å². The lowest BCUT2D eigenvalue weighted by molar-refractivity contribution is 0.668. The van der Waals surface area contributed by atoms with E-state index in [4.69, 9.17) is 0 Å². The molecule has 0 nitrogen and oxygen atoms in total. The number of unbranched alkanes of at least 4 members (excludes halogenated alkanes) is 2. The topological polar surface area (TPSA) is 0 Å². The molecule has 0 heteroatoms. The molecular formula is C9H18. The van der Waals surface area contributed by atoms with Crippen LogP contribution < -0.4 is 0 Å². The van der Waals surface area contributed by atoms with E-state index in [1.165, 1.54) is 25.7 Å². The molecule has 0 bridgehead atoms. The van der Waals surface area contributed by atoms with Gasteiger partial charge in [0, 0.05) is 0 Å². The first-order valence-corrected chi connectivity index (χ1v) is 3.91. The Hall–Kier alpha value is 0. The predicted molar refractivity (Wildman–Crippen MR) is 43.0 cm³/mol. The Morgan fingerprint density at radius 3 is 2.44 bits per heavy atom. The summed E-state index contributed by atoms with van der Waals surface area (Å²) in [6, 6.07) is 0. The molecule has 54 valence electrons. The minimum Gasteiger partial charge on any atom is -0.0648 e. The van der Waals surface area contributed by atoms with E-state index >= 15 is 0 Å². The average Bonchev–Trinajstić information content (AvgIpc) is 1.89. The van der Waals surface area contributed by atoms with Crippen LogP contribution in [0.5, 0.6) is 0 Å². The predicted octanol–water partition coefficient (Wildman–Crippen LogP) is 3.39. The largest absolute Gasteiger partial charge is 0.0648 e. The zero-order valence-electron chi connectivity index (χ0n) is 6.74. The summed E-state index contributed by atoms with van der Waals surface area (Å²) in [5.41, 5.74) is 0. The van der Waals surface area contributed by atoms with Crippen LogP contribution in [-0.2, 0) is 0 Å². The minimum absolute atomic E-state index is 1.09. The average molecular weight is 126 g/mol. The molecule has 0 fully saturated rings. The van der Waals surface area contributed by atoms with Gasteiger partial charge in [-0.1, -0.05) is 46.5 Å². The fourth-order valence-electron chi connectivity index (χ4n) is 0.780. The molecule has 0 saturated carbocycles. The summed E-state index contributed by atoms with van der Waals surface area (Å²) in [4.78, 5) is 0. The lowest BCUT2D eigenvalue weighted by atomic mass is 10.0. The van der Waals surface area contributed by atoms with E-state index < -0.39 is 0 Å². The highest BCUT2D eigenvalue weighted by Gasteiger charge is 1.96. The summed E-state index contributed by atoms with van der Waals surface area (Å²) in [5, 5.41) is 0. The van der Waals surface area contributed by atoms with Crippen LogP contribution in [0.2, 0.25) is 0 Å². The van der Waals surface area contributed by atoms with Crippen molar-refractivity contribution in [2.24, 2.45) is 0 Å². The molecule has 0 atom stereocenters. The van der Waals surface area contributed by atoms with E-state index in [0.717, 1.165) is 6.42 Å². The van der Waals surface area contributed by atoms with Crippen LogP contribution in [0.3, 0.4) is 0 Å². The van der Waals surface area contributed by atoms with Gasteiger partial charge in [-0.15, -0.1) is 0 Å². The molecule has 0 unspecified atom stereocenters. The third-order valence-corrected chi connectivity index (χ3v) is 1.71. The Morgan fingerprint density at radius 2 is 2.00 bits per heavy atom. The molecule has 0 N–H and O–H groups in total. The Kier molecular flexibility index (Phi) is 6.12. The van der Waals surface area contributed by atoms with Crippen LogP contribution in [0, 0.1) is 12.8 Å². The lowest BCUT2D eigenvalue weighted by Gasteiger charge is -2.04. The van der Waals surface area contributed by atoms with Gasteiger partial charge >= 0.3 is 0 Å². The molecule has 0 spiro atoms. The Morgan fingerprint density at radius 1 is 1.33 bits per heavy atom. The zero-order chi connectivity index (χ0) is 7.11. The molecule has 0 aromatic carbocycles. The van der Waals surface area contributed by atoms with Crippen LogP contribution >= 0.6 is 0 Å². The first-order valence-electron chi connectivity index (χ1n) is 3.91. The maximum Gasteiger partial charge on any atom is -0.0275 e. The molecule has 0 rings (SSSR count). The molecule has 2 radical (unpaired) electrons. The molecule has 0 heterocycles. The third-order valence-electron chi connectivity index (χ3n) is 1.71. The second-order valence-corrected chi connectivity index (χ2v) is 2.62. The highest BCUT2D eigenvalue weighted by molar-refractivity contribution is 4.80. The molecule has 0 aliphatic heterocycles. The summed E-state index contributed by atoms with van der Waals surface area (Å²) in [6.07, 6.45) is 6.28. The van der Waals surface area contributed by atoms with Crippen LogP contribution in [0.15, 0.2) is 0 Å². The van der Waals surface area contributed by atoms with E-state index in [1.54, 1.807) is 5.92 Å². The highest BCUT2D eigenvalue weighted by atomic mass is 14.0. The van der Waals surface area contributed by atoms with Crippen molar-refractivity contribution in [1.82, 2.24) is 0 Å². The first kappa shape index (κ1) is 9.00. The fourth-order valence-corrected chi connectivity index (χ4v) is 0.780. The Labute approximate surface area is 59.7 Å². The van der Waals surface area contributed by atoms with Crippen molar-refractivity contribution < 1.29 is 0 Å². The second kappa shape index (κ2) is 6.12. The fraction of sp³-hybridized carbons (Fsp3) is 0.778. The minimum atomic E-state index is 1.09. The summed E-state index contributed by atoms with van der Waals surface area (Å²) in [7, 11) is 0. The van der Waals surface area contributed by atoms with Crippen molar-refractivity contribution >= 4 is 0 Å². The molecule has 9 heavy (non-hydrogen) atoms. The van der Waals surface area contributed by atoms with E-state index in [2.05, 4.69) is 20.8 Å². The van der Waals surface area contributed by atoms with Crippen molar-refractivity contribution in [1.29, 1.82) is 0 Å². The van der Waals surface area contributed by atoms with Gasteiger partial charge in [0.1, 0.15) is 0 Å². The van der Waals surface area contributed by atoms with E-state index in [1.807, 2.05) is 0 Å². The van der Waals surface area contributed by atoms with E-state index in [0.29, 0.717) is 0 Å². The monoisotopic (exact) mass is 126 g/mol. The number of hydrogen-bond donors (Lipinski definition) is 0. The summed E-state index contributed by atoms with van der Waals surface area (Å²) >= 11 is 0. The van der Waals surface area contributed by atoms with Gasteiger partial charge in [-0.05, 0) is 12.3 Å². The molecule has 0 aliphatic rings. The molecule has 0 saturated heterocycles. The third kappa shape index (κ3) is 5.88.